The molecule has 2 aliphatic rings. The van der Waals surface area contributed by atoms with E-state index in [1.165, 1.54) is 5.56 Å². The molecule has 0 bridgehead atoms. The van der Waals surface area contributed by atoms with Crippen LogP contribution in [0.3, 0.4) is 0 Å². The van der Waals surface area contributed by atoms with Crippen LogP contribution in [-0.2, 0) is 15.9 Å². The molecule has 0 atom stereocenters. The number of ether oxygens (including phenoxy) is 2. The topological polar surface area (TPSA) is 59.5 Å². The lowest BCUT2D eigenvalue weighted by Crippen LogP contribution is -2.45. The predicted octanol–water partition coefficient (Wildman–Crippen LogP) is 3.44. The normalized spacial score (nSPS) is 18.8. The number of aromatic nitrogens is 2. The van der Waals surface area contributed by atoms with Gasteiger partial charge in [0.1, 0.15) is 5.82 Å². The van der Waals surface area contributed by atoms with Crippen molar-refractivity contribution in [3.05, 3.63) is 46.6 Å². The quantitative estimate of drug-likeness (QED) is 0.846. The maximum absolute atomic E-state index is 5.93. The smallest absolute Gasteiger partial charge is 0.224 e. The van der Waals surface area contributed by atoms with Crippen molar-refractivity contribution in [3.63, 3.8) is 0 Å². The van der Waals surface area contributed by atoms with E-state index in [-0.39, 0.29) is 5.79 Å². The van der Waals surface area contributed by atoms with Crippen molar-refractivity contribution in [2.45, 2.75) is 32.0 Å². The first-order valence-corrected chi connectivity index (χ1v) is 9.87. The van der Waals surface area contributed by atoms with E-state index in [9.17, 15) is 0 Å². The van der Waals surface area contributed by atoms with Gasteiger partial charge in [-0.05, 0) is 31.0 Å². The van der Waals surface area contributed by atoms with Gasteiger partial charge in [0.15, 0.2) is 5.79 Å². The largest absolute Gasteiger partial charge is 0.356 e. The summed E-state index contributed by atoms with van der Waals surface area (Å²) in [5.74, 6) is 1.27. The van der Waals surface area contributed by atoms with Gasteiger partial charge in [-0.25, -0.2) is 4.98 Å². The fourth-order valence-corrected chi connectivity index (χ4v) is 3.75. The molecule has 27 heavy (non-hydrogen) atoms. The molecule has 0 unspecified atom stereocenters. The zero-order valence-corrected chi connectivity index (χ0v) is 16.3. The summed E-state index contributed by atoms with van der Waals surface area (Å²) in [5, 5.41) is 4.10. The Hall–Kier alpha value is -1.89. The number of hydrogen-bond donors (Lipinski definition) is 1. The third-order valence-corrected chi connectivity index (χ3v) is 5.37. The van der Waals surface area contributed by atoms with Crippen LogP contribution in [-0.4, -0.2) is 48.6 Å². The molecule has 1 N–H and O–H groups in total. The summed E-state index contributed by atoms with van der Waals surface area (Å²) >= 11 is 5.93. The number of nitrogens with one attached hydrogen (secondary N) is 1. The van der Waals surface area contributed by atoms with Gasteiger partial charge < -0.3 is 19.7 Å². The molecule has 1 aromatic carbocycles. The Morgan fingerprint density at radius 2 is 1.81 bits per heavy atom. The number of piperidine rings is 1. The lowest BCUT2D eigenvalue weighted by atomic mass is 10.0. The molecule has 2 fully saturated rings. The van der Waals surface area contributed by atoms with Crippen LogP contribution >= 0.6 is 11.6 Å². The monoisotopic (exact) mass is 388 g/mol. The molecule has 1 aromatic heterocycles. The predicted molar refractivity (Wildman–Crippen MR) is 106 cm³/mol. The molecule has 1 spiro atoms. The van der Waals surface area contributed by atoms with Crippen LogP contribution in [0.1, 0.15) is 24.1 Å². The second-order valence-electron chi connectivity index (χ2n) is 7.09. The van der Waals surface area contributed by atoms with Gasteiger partial charge in [0.25, 0.3) is 0 Å². The van der Waals surface area contributed by atoms with Gasteiger partial charge in [0, 0.05) is 49.3 Å². The van der Waals surface area contributed by atoms with Crippen LogP contribution in [0.5, 0.6) is 0 Å². The van der Waals surface area contributed by atoms with Crippen molar-refractivity contribution in [3.8, 4) is 0 Å². The van der Waals surface area contributed by atoms with Gasteiger partial charge in [-0.3, -0.25) is 0 Å². The summed E-state index contributed by atoms with van der Waals surface area (Å²) in [5.41, 5.74) is 2.19. The molecule has 3 heterocycles. The number of rotatable bonds is 5. The van der Waals surface area contributed by atoms with Crippen molar-refractivity contribution in [2.24, 2.45) is 0 Å². The average Bonchev–Trinajstić information content (AvgIpc) is 3.11. The van der Waals surface area contributed by atoms with Gasteiger partial charge in [-0.15, -0.1) is 0 Å². The Bertz CT molecular complexity index is 768. The van der Waals surface area contributed by atoms with Crippen molar-refractivity contribution < 1.29 is 9.47 Å². The van der Waals surface area contributed by atoms with Crippen LogP contribution in [0.25, 0.3) is 0 Å². The molecule has 7 heteroatoms. The maximum Gasteiger partial charge on any atom is 0.224 e. The number of anilines is 2. The Labute approximate surface area is 164 Å². The Morgan fingerprint density at radius 1 is 1.11 bits per heavy atom. The first kappa shape index (κ1) is 18.5. The maximum atomic E-state index is 5.93. The van der Waals surface area contributed by atoms with Crippen LogP contribution in [0.2, 0.25) is 5.02 Å². The van der Waals surface area contributed by atoms with E-state index in [1.807, 2.05) is 37.3 Å². The van der Waals surface area contributed by atoms with Crippen LogP contribution in [0.15, 0.2) is 30.3 Å². The van der Waals surface area contributed by atoms with Crippen molar-refractivity contribution in [1.29, 1.82) is 0 Å². The van der Waals surface area contributed by atoms with E-state index >= 15 is 0 Å². The molecule has 144 valence electrons. The summed E-state index contributed by atoms with van der Waals surface area (Å²) in [6.45, 7) is 5.93. The second kappa shape index (κ2) is 8.00. The fraction of sp³-hybridized carbons (Fsp3) is 0.500. The van der Waals surface area contributed by atoms with Gasteiger partial charge in [-0.2, -0.15) is 4.98 Å². The first-order valence-electron chi connectivity index (χ1n) is 9.49. The standard InChI is InChI=1S/C20H25ClN4O2/c1-15-14-18(25-10-7-20(8-11-25)26-12-13-27-20)24-19(23-15)22-9-6-16-2-4-17(21)5-3-16/h2-5,14H,6-13H2,1H3,(H,22,23,24). The Kier molecular flexibility index (Phi) is 5.48. The zero-order chi connectivity index (χ0) is 18.7. The van der Waals surface area contributed by atoms with Crippen LogP contribution in [0.4, 0.5) is 11.8 Å². The van der Waals surface area contributed by atoms with Gasteiger partial charge >= 0.3 is 0 Å². The third kappa shape index (κ3) is 4.51. The van der Waals surface area contributed by atoms with Gasteiger partial charge in [-0.1, -0.05) is 23.7 Å². The summed E-state index contributed by atoms with van der Waals surface area (Å²) in [6.07, 6.45) is 2.63. The highest BCUT2D eigenvalue weighted by Gasteiger charge is 2.40. The van der Waals surface area contributed by atoms with Gasteiger partial charge in [0.05, 0.1) is 13.2 Å². The average molecular weight is 389 g/mol. The molecular weight excluding hydrogens is 364 g/mol. The van der Waals surface area contributed by atoms with E-state index in [0.29, 0.717) is 19.2 Å². The number of benzene rings is 1. The number of halogens is 1. The van der Waals surface area contributed by atoms with Crippen LogP contribution < -0.4 is 10.2 Å². The fourth-order valence-electron chi connectivity index (χ4n) is 3.62. The van der Waals surface area contributed by atoms with Crippen molar-refractivity contribution in [1.82, 2.24) is 9.97 Å². The highest BCUT2D eigenvalue weighted by atomic mass is 35.5. The van der Waals surface area contributed by atoms with E-state index in [4.69, 9.17) is 26.1 Å². The lowest BCUT2D eigenvalue weighted by molar-refractivity contribution is -0.169. The number of hydrogen-bond acceptors (Lipinski definition) is 6. The molecule has 4 rings (SSSR count). The molecular formula is C20H25ClN4O2. The van der Waals surface area contributed by atoms with E-state index < -0.39 is 0 Å². The molecule has 2 saturated heterocycles. The SMILES string of the molecule is Cc1cc(N2CCC3(CC2)OCCO3)nc(NCCc2ccc(Cl)cc2)n1. The van der Waals surface area contributed by atoms with Crippen molar-refractivity contribution in [2.75, 3.05) is 43.1 Å². The zero-order valence-electron chi connectivity index (χ0n) is 15.6. The lowest BCUT2D eigenvalue weighted by Gasteiger charge is -2.38. The van der Waals surface area contributed by atoms with Gasteiger partial charge in [0.2, 0.25) is 5.95 Å². The minimum absolute atomic E-state index is 0.363. The minimum atomic E-state index is -0.363. The summed E-state index contributed by atoms with van der Waals surface area (Å²) in [6, 6.07) is 9.96. The Morgan fingerprint density at radius 3 is 2.52 bits per heavy atom. The van der Waals surface area contributed by atoms with E-state index in [1.54, 1.807) is 0 Å². The molecule has 0 saturated carbocycles. The number of aryl methyl sites for hydroxylation is 1. The second-order valence-corrected chi connectivity index (χ2v) is 7.53. The molecule has 2 aliphatic heterocycles. The van der Waals surface area contributed by atoms with Crippen molar-refractivity contribution >= 4 is 23.4 Å². The molecule has 0 aliphatic carbocycles. The molecule has 0 amide bonds. The highest BCUT2D eigenvalue weighted by molar-refractivity contribution is 6.30. The minimum Gasteiger partial charge on any atom is -0.356 e. The molecule has 0 radical (unpaired) electrons. The summed E-state index contributed by atoms with van der Waals surface area (Å²) in [7, 11) is 0. The van der Waals surface area contributed by atoms with E-state index in [2.05, 4.69) is 15.2 Å². The highest BCUT2D eigenvalue weighted by Crippen LogP contribution is 2.33. The third-order valence-electron chi connectivity index (χ3n) is 5.11. The molecule has 2 aromatic rings. The Balaban J connectivity index is 1.36. The molecule has 6 nitrogen and oxygen atoms in total. The first-order chi connectivity index (χ1) is 13.1. The van der Waals surface area contributed by atoms with Crippen LogP contribution in [0, 0.1) is 6.92 Å². The number of nitrogens with zero attached hydrogens (tertiary/aromatic N) is 3. The summed E-state index contributed by atoms with van der Waals surface area (Å²) in [4.78, 5) is 11.5. The van der Waals surface area contributed by atoms with E-state index in [0.717, 1.165) is 55.4 Å². The summed E-state index contributed by atoms with van der Waals surface area (Å²) < 4.78 is 11.6.